The maximum absolute atomic E-state index is 10.6. The van der Waals surface area contributed by atoms with Gasteiger partial charge in [-0.25, -0.2) is 4.79 Å². The smallest absolute Gasteiger partial charge is 0.328 e. The van der Waals surface area contributed by atoms with E-state index in [0.717, 1.165) is 6.08 Å². The lowest BCUT2D eigenvalue weighted by atomic mass is 9.99. The van der Waals surface area contributed by atoms with E-state index >= 15 is 0 Å². The lowest BCUT2D eigenvalue weighted by Crippen LogP contribution is -2.60. The van der Waals surface area contributed by atoms with Gasteiger partial charge in [0.1, 0.15) is 30.2 Å². The molecule has 5 atom stereocenters. The van der Waals surface area contributed by atoms with Crippen molar-refractivity contribution in [1.82, 2.24) is 0 Å². The van der Waals surface area contributed by atoms with Gasteiger partial charge in [-0.05, 0) is 12.1 Å². The predicted octanol–water partition coefficient (Wildman–Crippen LogP) is -1.04. The molecule has 0 spiro atoms. The van der Waals surface area contributed by atoms with Gasteiger partial charge < -0.3 is 35.0 Å². The first-order valence-corrected chi connectivity index (χ1v) is 6.91. The van der Waals surface area contributed by atoms with E-state index < -0.39 is 43.3 Å². The maximum atomic E-state index is 10.6. The monoisotopic (exact) mass is 326 g/mol. The van der Waals surface area contributed by atoms with E-state index in [1.54, 1.807) is 18.2 Å². The number of hydrogen-bond acceptors (Lipinski definition) is 7. The Morgan fingerprint density at radius 2 is 1.87 bits per heavy atom. The lowest BCUT2D eigenvalue weighted by Gasteiger charge is -2.39. The highest BCUT2D eigenvalue weighted by Crippen LogP contribution is 2.27. The summed E-state index contributed by atoms with van der Waals surface area (Å²) in [6.45, 7) is -0.564. The summed E-state index contributed by atoms with van der Waals surface area (Å²) in [4.78, 5) is 10.6. The zero-order valence-corrected chi connectivity index (χ0v) is 12.0. The number of para-hydroxylation sites is 1. The molecule has 8 heteroatoms. The van der Waals surface area contributed by atoms with Crippen molar-refractivity contribution >= 4 is 12.0 Å². The Morgan fingerprint density at radius 1 is 1.17 bits per heavy atom. The van der Waals surface area contributed by atoms with Crippen LogP contribution in [0.15, 0.2) is 30.3 Å². The van der Waals surface area contributed by atoms with Gasteiger partial charge in [0, 0.05) is 11.6 Å². The number of ether oxygens (including phenoxy) is 2. The molecule has 0 amide bonds. The molecule has 1 saturated heterocycles. The molecule has 1 heterocycles. The van der Waals surface area contributed by atoms with E-state index in [9.17, 15) is 20.1 Å². The summed E-state index contributed by atoms with van der Waals surface area (Å²) in [6.07, 6.45) is -4.74. The molecule has 1 aliphatic rings. The summed E-state index contributed by atoms with van der Waals surface area (Å²) in [5.74, 6) is -0.915. The number of aliphatic hydroxyl groups is 4. The highest BCUT2D eigenvalue weighted by Gasteiger charge is 2.44. The van der Waals surface area contributed by atoms with Gasteiger partial charge >= 0.3 is 5.97 Å². The summed E-state index contributed by atoms with van der Waals surface area (Å²) >= 11 is 0. The fraction of sp³-hybridized carbons (Fsp3) is 0.400. The van der Waals surface area contributed by atoms with Crippen molar-refractivity contribution in [1.29, 1.82) is 0 Å². The van der Waals surface area contributed by atoms with Gasteiger partial charge in [0.05, 0.1) is 6.61 Å². The maximum Gasteiger partial charge on any atom is 0.328 e. The number of aliphatic carboxylic acids is 1. The van der Waals surface area contributed by atoms with Gasteiger partial charge in [0.2, 0.25) is 6.29 Å². The number of rotatable bonds is 5. The quantitative estimate of drug-likeness (QED) is 0.433. The molecule has 0 saturated carbocycles. The predicted molar refractivity (Wildman–Crippen MR) is 77.5 cm³/mol. The van der Waals surface area contributed by atoms with Crippen LogP contribution < -0.4 is 4.74 Å². The van der Waals surface area contributed by atoms with Gasteiger partial charge in [-0.15, -0.1) is 0 Å². The van der Waals surface area contributed by atoms with Gasteiger partial charge in [-0.1, -0.05) is 18.2 Å². The first-order chi connectivity index (χ1) is 10.9. The second-order valence-electron chi connectivity index (χ2n) is 5.02. The van der Waals surface area contributed by atoms with Gasteiger partial charge in [0.15, 0.2) is 0 Å². The summed E-state index contributed by atoms with van der Waals surface area (Å²) in [7, 11) is 0. The van der Waals surface area contributed by atoms with Crippen LogP contribution in [0, 0.1) is 0 Å². The van der Waals surface area contributed by atoms with Crippen LogP contribution in [0.3, 0.4) is 0 Å². The van der Waals surface area contributed by atoms with E-state index in [1.165, 1.54) is 12.1 Å². The van der Waals surface area contributed by atoms with Crippen LogP contribution in [0.25, 0.3) is 6.08 Å². The summed E-state index contributed by atoms with van der Waals surface area (Å²) in [5.41, 5.74) is 0.423. The normalized spacial score (nSPS) is 31.2. The van der Waals surface area contributed by atoms with E-state index in [4.69, 9.17) is 19.7 Å². The molecule has 1 fully saturated rings. The number of hydrogen-bond donors (Lipinski definition) is 5. The summed E-state index contributed by atoms with van der Waals surface area (Å²) < 4.78 is 10.7. The van der Waals surface area contributed by atoms with Crippen LogP contribution in [0.2, 0.25) is 0 Å². The highest BCUT2D eigenvalue weighted by atomic mass is 16.7. The zero-order chi connectivity index (χ0) is 17.0. The SMILES string of the molecule is O=C(O)/C=C\c1ccccc1O[C@H]1OC(CO)[C@@H](O)C(O)C1O. The van der Waals surface area contributed by atoms with E-state index in [-0.39, 0.29) is 5.75 Å². The lowest BCUT2D eigenvalue weighted by molar-refractivity contribution is -0.277. The molecule has 0 radical (unpaired) electrons. The Kier molecular flexibility index (Phi) is 5.69. The minimum atomic E-state index is -1.55. The van der Waals surface area contributed by atoms with E-state index in [0.29, 0.717) is 5.56 Å². The molecule has 0 aromatic heterocycles. The van der Waals surface area contributed by atoms with Gasteiger partial charge in [-0.2, -0.15) is 0 Å². The standard InChI is InChI=1S/C15H18O8/c16-7-10-12(19)13(20)14(21)15(23-10)22-9-4-2-1-3-8(9)5-6-11(17)18/h1-6,10,12-16,19-21H,7H2,(H,17,18)/b6-5-/t10?,12-,13?,14?,15+/m1/s1. The van der Waals surface area contributed by atoms with Crippen LogP contribution >= 0.6 is 0 Å². The van der Waals surface area contributed by atoms with Crippen molar-refractivity contribution in [2.45, 2.75) is 30.7 Å². The molecule has 1 aromatic carbocycles. The molecule has 23 heavy (non-hydrogen) atoms. The minimum Gasteiger partial charge on any atom is -0.478 e. The number of carboxylic acids is 1. The molecule has 0 aliphatic carbocycles. The minimum absolute atomic E-state index is 0.217. The molecule has 8 nitrogen and oxygen atoms in total. The van der Waals surface area contributed by atoms with Gasteiger partial charge in [-0.3, -0.25) is 0 Å². The van der Waals surface area contributed by atoms with E-state index in [1.807, 2.05) is 0 Å². The molecular formula is C15H18O8. The van der Waals surface area contributed by atoms with Crippen LogP contribution in [0.4, 0.5) is 0 Å². The Morgan fingerprint density at radius 3 is 2.52 bits per heavy atom. The van der Waals surface area contributed by atoms with Gasteiger partial charge in [0.25, 0.3) is 0 Å². The number of aliphatic hydroxyl groups excluding tert-OH is 4. The number of carbonyl (C=O) groups is 1. The Labute approximate surface area is 131 Å². The third kappa shape index (κ3) is 4.06. The Bertz CT molecular complexity index is 570. The van der Waals surface area contributed by atoms with E-state index in [2.05, 4.69) is 0 Å². The Hall–Kier alpha value is -1.97. The molecule has 1 aliphatic heterocycles. The largest absolute Gasteiger partial charge is 0.478 e. The number of carboxylic acid groups (broad SMARTS) is 1. The number of benzene rings is 1. The van der Waals surface area contributed by atoms with Crippen molar-refractivity contribution in [2.24, 2.45) is 0 Å². The highest BCUT2D eigenvalue weighted by molar-refractivity contribution is 5.85. The van der Waals surface area contributed by atoms with Crippen LogP contribution in [0.5, 0.6) is 5.75 Å². The van der Waals surface area contributed by atoms with Crippen molar-refractivity contribution in [3.05, 3.63) is 35.9 Å². The summed E-state index contributed by atoms with van der Waals surface area (Å²) in [6, 6.07) is 6.43. The van der Waals surface area contributed by atoms with Crippen LogP contribution in [-0.4, -0.2) is 68.8 Å². The zero-order valence-electron chi connectivity index (χ0n) is 12.0. The second-order valence-corrected chi connectivity index (χ2v) is 5.02. The fourth-order valence-electron chi connectivity index (χ4n) is 2.18. The molecule has 5 N–H and O–H groups in total. The third-order valence-corrected chi connectivity index (χ3v) is 3.42. The first kappa shape index (κ1) is 17.4. The van der Waals surface area contributed by atoms with Crippen molar-refractivity contribution in [3.8, 4) is 5.75 Å². The topological polar surface area (TPSA) is 137 Å². The molecule has 1 aromatic rings. The van der Waals surface area contributed by atoms with Crippen molar-refractivity contribution in [3.63, 3.8) is 0 Å². The van der Waals surface area contributed by atoms with Crippen LogP contribution in [-0.2, 0) is 9.53 Å². The molecular weight excluding hydrogens is 308 g/mol. The molecule has 0 bridgehead atoms. The third-order valence-electron chi connectivity index (χ3n) is 3.42. The molecule has 2 rings (SSSR count). The van der Waals surface area contributed by atoms with Crippen molar-refractivity contribution in [2.75, 3.05) is 6.61 Å². The van der Waals surface area contributed by atoms with Crippen molar-refractivity contribution < 1.29 is 39.8 Å². The second kappa shape index (κ2) is 7.53. The molecule has 126 valence electrons. The average Bonchev–Trinajstić information content (AvgIpc) is 2.54. The fourth-order valence-corrected chi connectivity index (χ4v) is 2.18. The first-order valence-electron chi connectivity index (χ1n) is 6.91. The average molecular weight is 326 g/mol. The van der Waals surface area contributed by atoms with Crippen LogP contribution in [0.1, 0.15) is 5.56 Å². The summed E-state index contributed by atoms with van der Waals surface area (Å²) in [5, 5.41) is 47.2. The molecule has 3 unspecified atom stereocenters. The Balaban J connectivity index is 2.19.